The topological polar surface area (TPSA) is 58.6 Å². The summed E-state index contributed by atoms with van der Waals surface area (Å²) >= 11 is -1.07. The zero-order valence-electron chi connectivity index (χ0n) is 7.87. The van der Waals surface area contributed by atoms with E-state index in [-0.39, 0.29) is 12.4 Å². The molecule has 1 heterocycles. The quantitative estimate of drug-likeness (QED) is 0.496. The van der Waals surface area contributed by atoms with E-state index in [1.54, 1.807) is 13.8 Å². The predicted octanol–water partition coefficient (Wildman–Crippen LogP) is 0.435. The van der Waals surface area contributed by atoms with Crippen molar-refractivity contribution in [2.75, 3.05) is 19.0 Å². The Bertz CT molecular complexity index is 197. The lowest BCUT2D eigenvalue weighted by atomic mass is 10.3. The van der Waals surface area contributed by atoms with Crippen LogP contribution in [0.3, 0.4) is 0 Å². The molecule has 0 aliphatic carbocycles. The summed E-state index contributed by atoms with van der Waals surface area (Å²) in [6.07, 6.45) is 0.0768. The third-order valence-corrected chi connectivity index (χ3v) is 3.69. The number of rotatable bonds is 3. The molecule has 1 aliphatic rings. The third-order valence-electron chi connectivity index (χ3n) is 1.93. The number of ether oxygens (including phenoxy) is 2. The normalized spacial score (nSPS) is 33.3. The van der Waals surface area contributed by atoms with Gasteiger partial charge < -0.3 is 14.0 Å². The second kappa shape index (κ2) is 4.30. The van der Waals surface area contributed by atoms with Gasteiger partial charge >= 0.3 is 5.97 Å². The van der Waals surface area contributed by atoms with Gasteiger partial charge in [0.1, 0.15) is 12.2 Å². The van der Waals surface area contributed by atoms with Crippen molar-refractivity contribution in [2.24, 2.45) is 0 Å². The lowest BCUT2D eigenvalue weighted by Gasteiger charge is -2.22. The minimum absolute atomic E-state index is 0.0768. The van der Waals surface area contributed by atoms with Crippen LogP contribution in [0.15, 0.2) is 0 Å². The summed E-state index contributed by atoms with van der Waals surface area (Å²) in [5.74, 6) is 0.163. The highest BCUT2D eigenvalue weighted by Gasteiger charge is 2.45. The first-order valence-corrected chi connectivity index (χ1v) is 5.58. The Hall–Kier alpha value is -0.260. The van der Waals surface area contributed by atoms with Crippen molar-refractivity contribution in [1.29, 1.82) is 0 Å². The molecule has 1 saturated heterocycles. The SMILES string of the molecule is CCOC(=O)CC1(C)OCC[S+]1[O-]. The Morgan fingerprint density at radius 2 is 2.46 bits per heavy atom. The van der Waals surface area contributed by atoms with Crippen LogP contribution in [-0.2, 0) is 25.4 Å². The molecule has 1 rings (SSSR count). The summed E-state index contributed by atoms with van der Waals surface area (Å²) in [4.78, 5) is 10.3. The molecular weight excluding hydrogens is 192 g/mol. The van der Waals surface area contributed by atoms with Crippen molar-refractivity contribution in [2.45, 2.75) is 25.2 Å². The maximum atomic E-state index is 11.4. The van der Waals surface area contributed by atoms with Gasteiger partial charge in [0.05, 0.1) is 13.2 Å². The van der Waals surface area contributed by atoms with Gasteiger partial charge in [-0.15, -0.1) is 0 Å². The van der Waals surface area contributed by atoms with Crippen LogP contribution < -0.4 is 0 Å². The first-order valence-electron chi connectivity index (χ1n) is 4.26. The van der Waals surface area contributed by atoms with Crippen molar-refractivity contribution in [3.05, 3.63) is 0 Å². The molecule has 0 aromatic rings. The molecule has 2 unspecified atom stereocenters. The molecule has 0 N–H and O–H groups in total. The van der Waals surface area contributed by atoms with Crippen molar-refractivity contribution in [3.63, 3.8) is 0 Å². The zero-order valence-corrected chi connectivity index (χ0v) is 8.69. The fraction of sp³-hybridized carbons (Fsp3) is 0.875. The van der Waals surface area contributed by atoms with Gasteiger partial charge in [-0.2, -0.15) is 0 Å². The van der Waals surface area contributed by atoms with Gasteiger partial charge in [0.15, 0.2) is 0 Å². The average molecular weight is 206 g/mol. The van der Waals surface area contributed by atoms with Gasteiger partial charge in [-0.05, 0) is 18.1 Å². The molecule has 1 aliphatic heterocycles. The summed E-state index contributed by atoms with van der Waals surface area (Å²) in [7, 11) is 0. The van der Waals surface area contributed by atoms with E-state index in [1.807, 2.05) is 0 Å². The molecule has 76 valence electrons. The monoisotopic (exact) mass is 206 g/mol. The maximum absolute atomic E-state index is 11.4. The Morgan fingerprint density at radius 1 is 1.77 bits per heavy atom. The Balaban J connectivity index is 2.46. The molecule has 0 aromatic carbocycles. The van der Waals surface area contributed by atoms with Gasteiger partial charge in [0.2, 0.25) is 4.93 Å². The molecule has 0 aromatic heterocycles. The molecule has 0 amide bonds. The van der Waals surface area contributed by atoms with E-state index in [2.05, 4.69) is 0 Å². The minimum Gasteiger partial charge on any atom is -0.614 e. The molecule has 0 bridgehead atoms. The van der Waals surface area contributed by atoms with E-state index in [0.717, 1.165) is 0 Å². The Labute approximate surface area is 80.8 Å². The first-order chi connectivity index (χ1) is 6.08. The van der Waals surface area contributed by atoms with Crippen molar-refractivity contribution < 1.29 is 18.8 Å². The van der Waals surface area contributed by atoms with Gasteiger partial charge in [-0.3, -0.25) is 4.79 Å². The second-order valence-corrected chi connectivity index (χ2v) is 4.98. The highest BCUT2D eigenvalue weighted by Crippen LogP contribution is 2.29. The van der Waals surface area contributed by atoms with Gasteiger partial charge in [0.25, 0.3) is 0 Å². The largest absolute Gasteiger partial charge is 0.614 e. The van der Waals surface area contributed by atoms with Crippen LogP contribution in [0.1, 0.15) is 20.3 Å². The molecule has 13 heavy (non-hydrogen) atoms. The number of esters is 1. The van der Waals surface area contributed by atoms with Crippen molar-refractivity contribution in [1.82, 2.24) is 0 Å². The third kappa shape index (κ3) is 2.59. The summed E-state index contributed by atoms with van der Waals surface area (Å²) in [6.45, 7) is 4.24. The standard InChI is InChI=1S/C8H14O4S/c1-3-11-7(9)6-8(2)12-4-5-13(8)10/h3-6H2,1-2H3. The Kier molecular flexibility index (Phi) is 3.58. The number of carbonyl (C=O) groups is 1. The van der Waals surface area contributed by atoms with Crippen LogP contribution in [0.2, 0.25) is 0 Å². The molecule has 0 spiro atoms. The zero-order chi connectivity index (χ0) is 9.90. The lowest BCUT2D eigenvalue weighted by Crippen LogP contribution is -2.35. The maximum Gasteiger partial charge on any atom is 0.313 e. The van der Waals surface area contributed by atoms with Crippen LogP contribution in [-0.4, -0.2) is 34.4 Å². The molecular formula is C8H14O4S. The number of hydrogen-bond acceptors (Lipinski definition) is 4. The van der Waals surface area contributed by atoms with Gasteiger partial charge in [-0.25, -0.2) is 0 Å². The summed E-state index contributed by atoms with van der Waals surface area (Å²) in [5.41, 5.74) is 0. The second-order valence-electron chi connectivity index (χ2n) is 3.01. The number of hydrogen-bond donors (Lipinski definition) is 0. The van der Waals surface area contributed by atoms with Crippen molar-refractivity contribution in [3.8, 4) is 0 Å². The molecule has 2 atom stereocenters. The van der Waals surface area contributed by atoms with E-state index >= 15 is 0 Å². The van der Waals surface area contributed by atoms with Crippen LogP contribution >= 0.6 is 0 Å². The van der Waals surface area contributed by atoms with Crippen LogP contribution in [0.25, 0.3) is 0 Å². The summed E-state index contributed by atoms with van der Waals surface area (Å²) in [6, 6.07) is 0. The van der Waals surface area contributed by atoms with E-state index in [0.29, 0.717) is 19.0 Å². The summed E-state index contributed by atoms with van der Waals surface area (Å²) in [5, 5.41) is 0. The smallest absolute Gasteiger partial charge is 0.313 e. The van der Waals surface area contributed by atoms with Crippen LogP contribution in [0.5, 0.6) is 0 Å². The average Bonchev–Trinajstić information content (AvgIpc) is 2.32. The van der Waals surface area contributed by atoms with E-state index in [9.17, 15) is 9.35 Å². The van der Waals surface area contributed by atoms with Gasteiger partial charge in [-0.1, -0.05) is 0 Å². The molecule has 0 radical (unpaired) electrons. The fourth-order valence-electron chi connectivity index (χ4n) is 1.22. The van der Waals surface area contributed by atoms with Crippen molar-refractivity contribution >= 4 is 17.1 Å². The predicted molar refractivity (Wildman–Crippen MR) is 48.6 cm³/mol. The van der Waals surface area contributed by atoms with Gasteiger partial charge in [0, 0.05) is 6.92 Å². The molecule has 5 heteroatoms. The molecule has 4 nitrogen and oxygen atoms in total. The lowest BCUT2D eigenvalue weighted by molar-refractivity contribution is -0.146. The van der Waals surface area contributed by atoms with E-state index in [4.69, 9.17) is 9.47 Å². The fourth-order valence-corrected chi connectivity index (χ4v) is 2.38. The van der Waals surface area contributed by atoms with Crippen LogP contribution in [0.4, 0.5) is 0 Å². The highest BCUT2D eigenvalue weighted by molar-refractivity contribution is 7.92. The highest BCUT2D eigenvalue weighted by atomic mass is 32.2. The van der Waals surface area contributed by atoms with Crippen LogP contribution in [0, 0.1) is 0 Å². The van der Waals surface area contributed by atoms with E-state index in [1.165, 1.54) is 0 Å². The first kappa shape index (κ1) is 10.8. The van der Waals surface area contributed by atoms with E-state index < -0.39 is 16.1 Å². The minimum atomic E-state index is -1.07. The number of carbonyl (C=O) groups excluding carboxylic acids is 1. The summed E-state index contributed by atoms with van der Waals surface area (Å²) < 4.78 is 21.4. The Morgan fingerprint density at radius 3 is 2.92 bits per heavy atom. The molecule has 0 saturated carbocycles. The molecule has 1 fully saturated rings.